The molecule has 1 amide bonds. The van der Waals surface area contributed by atoms with Gasteiger partial charge in [0.2, 0.25) is 5.91 Å². The van der Waals surface area contributed by atoms with E-state index in [1.54, 1.807) is 6.92 Å². The Hall–Kier alpha value is -0.860. The maximum absolute atomic E-state index is 12.4. The number of piperazine rings is 1. The summed E-state index contributed by atoms with van der Waals surface area (Å²) in [6, 6.07) is -0.601. The quantitative estimate of drug-likeness (QED) is 0.725. The number of hydrogen-bond acceptors (Lipinski definition) is 4. The van der Waals surface area contributed by atoms with Gasteiger partial charge in [-0.3, -0.25) is 9.69 Å². The smallest absolute Gasteiger partial charge is 0.395 e. The third kappa shape index (κ3) is 5.33. The van der Waals surface area contributed by atoms with Crippen LogP contribution in [-0.2, 0) is 4.79 Å². The van der Waals surface area contributed by atoms with Crippen molar-refractivity contribution in [3.63, 3.8) is 0 Å². The number of nitrogens with zero attached hydrogens (tertiary/aromatic N) is 2. The molecule has 0 saturated carbocycles. The van der Waals surface area contributed by atoms with Crippen LogP contribution in [-0.4, -0.2) is 78.9 Å². The summed E-state index contributed by atoms with van der Waals surface area (Å²) in [4.78, 5) is 14.6. The summed E-state index contributed by atoms with van der Waals surface area (Å²) in [5, 5.41) is 11.9. The van der Waals surface area contributed by atoms with Gasteiger partial charge in [0.15, 0.2) is 0 Å². The Balaban J connectivity index is 2.63. The standard InChI is InChI=1S/C11H20F3N3O2/c1-9(16-4-2-15-3-5-16)10(19)17(6-7-18)8-11(12,13)14/h9,15,18H,2-8H2,1H3. The highest BCUT2D eigenvalue weighted by atomic mass is 19.4. The molecule has 5 nitrogen and oxygen atoms in total. The molecule has 0 spiro atoms. The highest BCUT2D eigenvalue weighted by molar-refractivity contribution is 5.81. The predicted molar refractivity (Wildman–Crippen MR) is 63.6 cm³/mol. The number of aliphatic hydroxyl groups excluding tert-OH is 1. The van der Waals surface area contributed by atoms with E-state index in [2.05, 4.69) is 5.32 Å². The van der Waals surface area contributed by atoms with Gasteiger partial charge in [-0.2, -0.15) is 13.2 Å². The van der Waals surface area contributed by atoms with E-state index in [1.807, 2.05) is 4.90 Å². The van der Waals surface area contributed by atoms with Crippen LogP contribution >= 0.6 is 0 Å². The van der Waals surface area contributed by atoms with Gasteiger partial charge in [-0.1, -0.05) is 0 Å². The number of rotatable bonds is 5. The van der Waals surface area contributed by atoms with E-state index in [4.69, 9.17) is 5.11 Å². The van der Waals surface area contributed by atoms with Crippen molar-refractivity contribution in [1.29, 1.82) is 0 Å². The van der Waals surface area contributed by atoms with Gasteiger partial charge in [0.1, 0.15) is 6.54 Å². The van der Waals surface area contributed by atoms with Crippen molar-refractivity contribution in [3.05, 3.63) is 0 Å². The number of nitrogens with one attached hydrogen (secondary N) is 1. The average molecular weight is 283 g/mol. The van der Waals surface area contributed by atoms with E-state index in [1.165, 1.54) is 0 Å². The fourth-order valence-corrected chi connectivity index (χ4v) is 2.09. The van der Waals surface area contributed by atoms with Gasteiger partial charge in [-0.15, -0.1) is 0 Å². The first-order valence-corrected chi connectivity index (χ1v) is 6.26. The van der Waals surface area contributed by atoms with E-state index < -0.39 is 31.3 Å². The summed E-state index contributed by atoms with van der Waals surface area (Å²) < 4.78 is 37.2. The molecule has 8 heteroatoms. The fraction of sp³-hybridized carbons (Fsp3) is 0.909. The van der Waals surface area contributed by atoms with Crippen LogP contribution in [0.15, 0.2) is 0 Å². The Morgan fingerprint density at radius 1 is 1.42 bits per heavy atom. The molecular formula is C11H20F3N3O2. The number of aliphatic hydroxyl groups is 1. The van der Waals surface area contributed by atoms with E-state index in [0.717, 1.165) is 13.1 Å². The number of hydrogen-bond donors (Lipinski definition) is 2. The second-order valence-electron chi connectivity index (χ2n) is 4.56. The first kappa shape index (κ1) is 16.2. The highest BCUT2D eigenvalue weighted by Gasteiger charge is 2.35. The minimum Gasteiger partial charge on any atom is -0.395 e. The van der Waals surface area contributed by atoms with Crippen molar-refractivity contribution >= 4 is 5.91 Å². The topological polar surface area (TPSA) is 55.8 Å². The Kier molecular flexibility index (Phi) is 6.02. The molecule has 112 valence electrons. The second kappa shape index (κ2) is 7.06. The number of amides is 1. The number of carbonyl (C=O) groups is 1. The molecular weight excluding hydrogens is 263 g/mol. The van der Waals surface area contributed by atoms with Crippen LogP contribution in [0.1, 0.15) is 6.92 Å². The van der Waals surface area contributed by atoms with Crippen LogP contribution in [0.2, 0.25) is 0 Å². The molecule has 1 fully saturated rings. The molecule has 0 aromatic rings. The van der Waals surface area contributed by atoms with Crippen molar-refractivity contribution in [3.8, 4) is 0 Å². The first-order chi connectivity index (χ1) is 8.85. The van der Waals surface area contributed by atoms with Crippen molar-refractivity contribution in [2.24, 2.45) is 0 Å². The molecule has 0 bridgehead atoms. The molecule has 1 aliphatic rings. The van der Waals surface area contributed by atoms with Gasteiger partial charge in [0, 0.05) is 32.7 Å². The van der Waals surface area contributed by atoms with Crippen molar-refractivity contribution in [2.75, 3.05) is 45.9 Å². The zero-order valence-corrected chi connectivity index (χ0v) is 10.9. The van der Waals surface area contributed by atoms with Crippen LogP contribution < -0.4 is 5.32 Å². The van der Waals surface area contributed by atoms with Crippen LogP contribution in [0.25, 0.3) is 0 Å². The summed E-state index contributed by atoms with van der Waals surface area (Å²) in [6.07, 6.45) is -4.45. The van der Waals surface area contributed by atoms with Crippen molar-refractivity contribution in [1.82, 2.24) is 15.1 Å². The zero-order chi connectivity index (χ0) is 14.5. The average Bonchev–Trinajstić information content (AvgIpc) is 2.36. The summed E-state index contributed by atoms with van der Waals surface area (Å²) in [6.45, 7) is 2.22. The minimum atomic E-state index is -4.45. The van der Waals surface area contributed by atoms with Gasteiger partial charge in [-0.05, 0) is 6.92 Å². The SMILES string of the molecule is CC(C(=O)N(CCO)CC(F)(F)F)N1CCNCC1. The second-order valence-corrected chi connectivity index (χ2v) is 4.56. The third-order valence-electron chi connectivity index (χ3n) is 3.11. The molecule has 0 aliphatic carbocycles. The number of carbonyl (C=O) groups excluding carboxylic acids is 1. The first-order valence-electron chi connectivity index (χ1n) is 6.26. The number of halogens is 3. The van der Waals surface area contributed by atoms with Crippen LogP contribution in [0.4, 0.5) is 13.2 Å². The van der Waals surface area contributed by atoms with Gasteiger partial charge >= 0.3 is 6.18 Å². The predicted octanol–water partition coefficient (Wildman–Crippen LogP) is -0.337. The molecule has 0 aromatic carbocycles. The molecule has 0 aromatic heterocycles. The van der Waals surface area contributed by atoms with Crippen molar-refractivity contribution < 1.29 is 23.1 Å². The van der Waals surface area contributed by atoms with Gasteiger partial charge in [0.05, 0.1) is 12.6 Å². The monoisotopic (exact) mass is 283 g/mol. The molecule has 0 radical (unpaired) electrons. The maximum Gasteiger partial charge on any atom is 0.406 e. The Morgan fingerprint density at radius 2 is 2.00 bits per heavy atom. The molecule has 2 N–H and O–H groups in total. The maximum atomic E-state index is 12.4. The molecule has 1 unspecified atom stereocenters. The third-order valence-corrected chi connectivity index (χ3v) is 3.11. The fourth-order valence-electron chi connectivity index (χ4n) is 2.09. The van der Waals surface area contributed by atoms with Crippen molar-refractivity contribution in [2.45, 2.75) is 19.1 Å². The van der Waals surface area contributed by atoms with Gasteiger partial charge < -0.3 is 15.3 Å². The van der Waals surface area contributed by atoms with Crippen LogP contribution in [0, 0.1) is 0 Å². The Morgan fingerprint density at radius 3 is 2.47 bits per heavy atom. The van der Waals surface area contributed by atoms with E-state index in [0.29, 0.717) is 18.0 Å². The molecule has 19 heavy (non-hydrogen) atoms. The van der Waals surface area contributed by atoms with Crippen LogP contribution in [0.5, 0.6) is 0 Å². The lowest BCUT2D eigenvalue weighted by molar-refractivity contribution is -0.165. The lowest BCUT2D eigenvalue weighted by Crippen LogP contribution is -2.55. The van der Waals surface area contributed by atoms with E-state index >= 15 is 0 Å². The van der Waals surface area contributed by atoms with E-state index in [9.17, 15) is 18.0 Å². The molecule has 1 rings (SSSR count). The lowest BCUT2D eigenvalue weighted by Gasteiger charge is -2.35. The normalized spacial score (nSPS) is 19.2. The van der Waals surface area contributed by atoms with Gasteiger partial charge in [0.25, 0.3) is 0 Å². The van der Waals surface area contributed by atoms with Crippen LogP contribution in [0.3, 0.4) is 0 Å². The van der Waals surface area contributed by atoms with Gasteiger partial charge in [-0.25, -0.2) is 0 Å². The summed E-state index contributed by atoms with van der Waals surface area (Å²) in [5.41, 5.74) is 0. The highest BCUT2D eigenvalue weighted by Crippen LogP contribution is 2.17. The molecule has 1 atom stereocenters. The Bertz CT molecular complexity index is 293. The van der Waals surface area contributed by atoms with E-state index in [-0.39, 0.29) is 6.54 Å². The summed E-state index contributed by atoms with van der Waals surface area (Å²) >= 11 is 0. The molecule has 1 saturated heterocycles. The molecule has 1 heterocycles. The summed E-state index contributed by atoms with van der Waals surface area (Å²) in [5.74, 6) is -0.590. The minimum absolute atomic E-state index is 0.297. The number of alkyl halides is 3. The zero-order valence-electron chi connectivity index (χ0n) is 10.9. The largest absolute Gasteiger partial charge is 0.406 e. The molecule has 1 aliphatic heterocycles. The lowest BCUT2D eigenvalue weighted by atomic mass is 10.2. The summed E-state index contributed by atoms with van der Waals surface area (Å²) in [7, 11) is 0. The Labute approximate surface area is 110 Å².